The first-order valence-corrected chi connectivity index (χ1v) is 6.05. The molecule has 1 aromatic rings. The van der Waals surface area contributed by atoms with Crippen LogP contribution < -0.4 is 5.32 Å². The molecule has 17 heavy (non-hydrogen) atoms. The number of amides is 1. The van der Waals surface area contributed by atoms with Crippen molar-refractivity contribution in [3.05, 3.63) is 35.4 Å². The Bertz CT molecular complexity index is 417. The molecule has 0 heterocycles. The molecule has 2 heteroatoms. The molecule has 2 nitrogen and oxygen atoms in total. The van der Waals surface area contributed by atoms with E-state index >= 15 is 0 Å². The minimum Gasteiger partial charge on any atom is -0.348 e. The minimum atomic E-state index is -0.0236. The Morgan fingerprint density at radius 2 is 2.12 bits per heavy atom. The van der Waals surface area contributed by atoms with Gasteiger partial charge in [0.2, 0.25) is 0 Å². The molecular formula is C15H19NO. The predicted molar refractivity (Wildman–Crippen MR) is 70.8 cm³/mol. The average molecular weight is 229 g/mol. The highest BCUT2D eigenvalue weighted by molar-refractivity contribution is 5.95. The lowest BCUT2D eigenvalue weighted by atomic mass is 10.0. The summed E-state index contributed by atoms with van der Waals surface area (Å²) >= 11 is 0. The van der Waals surface area contributed by atoms with Crippen LogP contribution in [-0.2, 0) is 6.42 Å². The third-order valence-electron chi connectivity index (χ3n) is 2.84. The Kier molecular flexibility index (Phi) is 5.29. The van der Waals surface area contributed by atoms with E-state index in [1.165, 1.54) is 0 Å². The maximum absolute atomic E-state index is 12.1. The van der Waals surface area contributed by atoms with Crippen LogP contribution in [0.4, 0.5) is 0 Å². The molecule has 0 radical (unpaired) electrons. The van der Waals surface area contributed by atoms with Crippen molar-refractivity contribution < 1.29 is 4.79 Å². The number of aryl methyl sites for hydroxylation is 1. The molecule has 0 aromatic heterocycles. The first-order valence-electron chi connectivity index (χ1n) is 6.05. The maximum atomic E-state index is 12.1. The summed E-state index contributed by atoms with van der Waals surface area (Å²) in [5.74, 6) is 2.57. The second-order valence-electron chi connectivity index (χ2n) is 4.00. The quantitative estimate of drug-likeness (QED) is 0.773. The van der Waals surface area contributed by atoms with Gasteiger partial charge in [-0.2, -0.15) is 0 Å². The van der Waals surface area contributed by atoms with Gasteiger partial charge in [0, 0.05) is 18.0 Å². The molecule has 0 saturated carbocycles. The van der Waals surface area contributed by atoms with Gasteiger partial charge in [-0.25, -0.2) is 0 Å². The van der Waals surface area contributed by atoms with Crippen LogP contribution in [-0.4, -0.2) is 11.9 Å². The van der Waals surface area contributed by atoms with Crippen LogP contribution in [0.5, 0.6) is 0 Å². The van der Waals surface area contributed by atoms with E-state index in [0.717, 1.165) is 24.0 Å². The van der Waals surface area contributed by atoms with E-state index in [2.05, 4.69) is 11.2 Å². The molecule has 1 aromatic carbocycles. The Morgan fingerprint density at radius 3 is 2.71 bits per heavy atom. The van der Waals surface area contributed by atoms with Crippen molar-refractivity contribution in [2.45, 2.75) is 39.2 Å². The summed E-state index contributed by atoms with van der Waals surface area (Å²) in [6.07, 6.45) is 7.56. The van der Waals surface area contributed by atoms with Crippen molar-refractivity contribution in [2.75, 3.05) is 0 Å². The summed E-state index contributed by atoms with van der Waals surface area (Å²) in [6, 6.07) is 7.75. The largest absolute Gasteiger partial charge is 0.348 e. The molecule has 0 aliphatic carbocycles. The summed E-state index contributed by atoms with van der Waals surface area (Å²) in [7, 11) is 0. The second kappa shape index (κ2) is 6.75. The fourth-order valence-corrected chi connectivity index (χ4v) is 1.75. The molecule has 1 amide bonds. The van der Waals surface area contributed by atoms with Gasteiger partial charge < -0.3 is 5.32 Å². The van der Waals surface area contributed by atoms with E-state index in [9.17, 15) is 4.79 Å². The van der Waals surface area contributed by atoms with Gasteiger partial charge in [-0.3, -0.25) is 4.79 Å². The highest BCUT2D eigenvalue weighted by Gasteiger charge is 2.13. The van der Waals surface area contributed by atoms with Gasteiger partial charge in [0.15, 0.2) is 0 Å². The molecule has 0 saturated heterocycles. The lowest BCUT2D eigenvalue weighted by Crippen LogP contribution is -2.34. The van der Waals surface area contributed by atoms with Crippen LogP contribution in [0.25, 0.3) is 0 Å². The number of hydrogen-bond donors (Lipinski definition) is 1. The van der Waals surface area contributed by atoms with Crippen molar-refractivity contribution in [2.24, 2.45) is 0 Å². The summed E-state index contributed by atoms with van der Waals surface area (Å²) in [6.45, 7) is 4.07. The molecular weight excluding hydrogens is 210 g/mol. The number of hydrogen-bond acceptors (Lipinski definition) is 1. The molecule has 1 rings (SSSR count). The van der Waals surface area contributed by atoms with Gasteiger partial charge >= 0.3 is 0 Å². The highest BCUT2D eigenvalue weighted by Crippen LogP contribution is 2.10. The Hall–Kier alpha value is -1.75. The third-order valence-corrected chi connectivity index (χ3v) is 2.84. The predicted octanol–water partition coefficient (Wildman–Crippen LogP) is 2.78. The van der Waals surface area contributed by atoms with E-state index in [4.69, 9.17) is 6.42 Å². The third kappa shape index (κ3) is 3.64. The van der Waals surface area contributed by atoms with Crippen LogP contribution in [0, 0.1) is 12.3 Å². The van der Waals surface area contributed by atoms with E-state index in [0.29, 0.717) is 6.42 Å². The molecule has 0 bridgehead atoms. The number of nitrogens with one attached hydrogen (secondary N) is 1. The number of carbonyl (C=O) groups is 1. The van der Waals surface area contributed by atoms with E-state index in [-0.39, 0.29) is 11.9 Å². The summed E-state index contributed by atoms with van der Waals surface area (Å²) in [5, 5.41) is 2.98. The van der Waals surface area contributed by atoms with Crippen molar-refractivity contribution >= 4 is 5.91 Å². The van der Waals surface area contributed by atoms with E-state index < -0.39 is 0 Å². The van der Waals surface area contributed by atoms with Gasteiger partial charge in [-0.1, -0.05) is 32.0 Å². The molecule has 0 aliphatic heterocycles. The summed E-state index contributed by atoms with van der Waals surface area (Å²) in [4.78, 5) is 12.1. The summed E-state index contributed by atoms with van der Waals surface area (Å²) in [5.41, 5.74) is 1.83. The number of rotatable bonds is 5. The van der Waals surface area contributed by atoms with Gasteiger partial charge in [0.25, 0.3) is 5.91 Å². The van der Waals surface area contributed by atoms with E-state index in [1.807, 2.05) is 38.1 Å². The number of benzene rings is 1. The monoisotopic (exact) mass is 229 g/mol. The average Bonchev–Trinajstić information content (AvgIpc) is 2.38. The maximum Gasteiger partial charge on any atom is 0.251 e. The smallest absolute Gasteiger partial charge is 0.251 e. The molecule has 90 valence electrons. The normalized spacial score (nSPS) is 11.6. The van der Waals surface area contributed by atoms with Crippen LogP contribution in [0.3, 0.4) is 0 Å². The lowest BCUT2D eigenvalue weighted by Gasteiger charge is -2.15. The SMILES string of the molecule is C#CCC(CC)NC(=O)c1ccccc1CC. The standard InChI is InChI=1S/C15H19NO/c1-4-9-13(6-3)16-15(17)14-11-8-7-10-12(14)5-2/h1,7-8,10-11,13H,5-6,9H2,2-3H3,(H,16,17). The molecule has 1 N–H and O–H groups in total. The zero-order chi connectivity index (χ0) is 12.7. The minimum absolute atomic E-state index is 0.0236. The first-order chi connectivity index (χ1) is 8.22. The highest BCUT2D eigenvalue weighted by atomic mass is 16.1. The topological polar surface area (TPSA) is 29.1 Å². The first kappa shape index (κ1) is 13.3. The Labute approximate surface area is 103 Å². The fourth-order valence-electron chi connectivity index (χ4n) is 1.75. The summed E-state index contributed by atoms with van der Waals surface area (Å²) < 4.78 is 0. The van der Waals surface area contributed by atoms with Crippen molar-refractivity contribution in [3.8, 4) is 12.3 Å². The Balaban J connectivity index is 2.79. The van der Waals surface area contributed by atoms with Crippen LogP contribution in [0.15, 0.2) is 24.3 Å². The van der Waals surface area contributed by atoms with Gasteiger partial charge in [0.05, 0.1) is 0 Å². The molecule has 0 spiro atoms. The van der Waals surface area contributed by atoms with Gasteiger partial charge in [-0.05, 0) is 24.5 Å². The van der Waals surface area contributed by atoms with Crippen LogP contribution in [0.2, 0.25) is 0 Å². The van der Waals surface area contributed by atoms with Crippen molar-refractivity contribution in [1.29, 1.82) is 0 Å². The molecule has 1 atom stereocenters. The molecule has 0 fully saturated rings. The zero-order valence-electron chi connectivity index (χ0n) is 10.5. The van der Waals surface area contributed by atoms with E-state index in [1.54, 1.807) is 0 Å². The van der Waals surface area contributed by atoms with Crippen molar-refractivity contribution in [1.82, 2.24) is 5.32 Å². The van der Waals surface area contributed by atoms with Crippen LogP contribution >= 0.6 is 0 Å². The number of terminal acetylenes is 1. The van der Waals surface area contributed by atoms with Gasteiger partial charge in [-0.15, -0.1) is 12.3 Å². The molecule has 0 aliphatic rings. The number of carbonyl (C=O) groups excluding carboxylic acids is 1. The van der Waals surface area contributed by atoms with Crippen LogP contribution in [0.1, 0.15) is 42.6 Å². The fraction of sp³-hybridized carbons (Fsp3) is 0.400. The Morgan fingerprint density at radius 1 is 1.41 bits per heavy atom. The van der Waals surface area contributed by atoms with Gasteiger partial charge in [0.1, 0.15) is 0 Å². The zero-order valence-corrected chi connectivity index (χ0v) is 10.5. The molecule has 1 unspecified atom stereocenters. The van der Waals surface area contributed by atoms with Crippen molar-refractivity contribution in [3.63, 3.8) is 0 Å². The second-order valence-corrected chi connectivity index (χ2v) is 4.00. The lowest BCUT2D eigenvalue weighted by molar-refractivity contribution is 0.0936.